The van der Waals surface area contributed by atoms with E-state index in [2.05, 4.69) is 54.3 Å². The molecule has 1 unspecified atom stereocenters. The summed E-state index contributed by atoms with van der Waals surface area (Å²) in [5.41, 5.74) is 10.6. The van der Waals surface area contributed by atoms with Gasteiger partial charge in [-0.1, -0.05) is 18.2 Å². The molecule has 0 bridgehead atoms. The third-order valence-electron chi connectivity index (χ3n) is 3.04. The number of rotatable bonds is 4. The number of nitrogens with zero attached hydrogens (tertiary/aromatic N) is 2. The normalized spacial score (nSPS) is 12.7. The van der Waals surface area contributed by atoms with Crippen molar-refractivity contribution in [3.8, 4) is 11.1 Å². The molecular weight excluding hydrogens is 234 g/mol. The molecule has 0 spiro atoms. The van der Waals surface area contributed by atoms with Gasteiger partial charge in [0.2, 0.25) is 0 Å². The second kappa shape index (κ2) is 5.95. The first kappa shape index (κ1) is 13.7. The minimum atomic E-state index is 0.0115. The largest absolute Gasteiger partial charge is 0.324 e. The number of hydrogen-bond acceptors (Lipinski definition) is 3. The van der Waals surface area contributed by atoms with Crippen LogP contribution in [0, 0.1) is 0 Å². The highest BCUT2D eigenvalue weighted by Gasteiger charge is 2.04. The molecule has 0 aliphatic rings. The molecule has 1 atom stereocenters. The summed E-state index contributed by atoms with van der Waals surface area (Å²) in [5.74, 6) is 0. The van der Waals surface area contributed by atoms with Crippen LogP contribution in [-0.2, 0) is 6.54 Å². The minimum absolute atomic E-state index is 0.0115. The summed E-state index contributed by atoms with van der Waals surface area (Å²) < 4.78 is 0. The third-order valence-corrected chi connectivity index (χ3v) is 3.04. The number of hydrogen-bond donors (Lipinski definition) is 1. The molecule has 0 aliphatic carbocycles. The molecule has 1 heterocycles. The zero-order valence-electron chi connectivity index (χ0n) is 11.8. The summed E-state index contributed by atoms with van der Waals surface area (Å²) in [6.45, 7) is 2.91. The van der Waals surface area contributed by atoms with Crippen LogP contribution in [0.1, 0.15) is 24.1 Å². The van der Waals surface area contributed by atoms with Gasteiger partial charge in [-0.15, -0.1) is 0 Å². The van der Waals surface area contributed by atoms with Gasteiger partial charge in [-0.25, -0.2) is 0 Å². The molecule has 0 saturated carbocycles. The van der Waals surface area contributed by atoms with Gasteiger partial charge in [-0.05, 0) is 49.8 Å². The number of nitrogens with two attached hydrogens (primary N) is 1. The number of benzene rings is 1. The lowest BCUT2D eigenvalue weighted by Gasteiger charge is -2.12. The first-order valence-corrected chi connectivity index (χ1v) is 6.51. The maximum Gasteiger partial charge on any atom is 0.0346 e. The summed E-state index contributed by atoms with van der Waals surface area (Å²) in [4.78, 5) is 6.44. The quantitative estimate of drug-likeness (QED) is 0.913. The molecule has 3 heteroatoms. The van der Waals surface area contributed by atoms with Crippen molar-refractivity contribution in [1.82, 2.24) is 9.88 Å². The average Bonchev–Trinajstić information content (AvgIpc) is 2.38. The minimum Gasteiger partial charge on any atom is -0.324 e. The topological polar surface area (TPSA) is 42.1 Å². The van der Waals surface area contributed by atoms with Crippen molar-refractivity contribution in [2.24, 2.45) is 5.73 Å². The highest BCUT2D eigenvalue weighted by atomic mass is 15.0. The van der Waals surface area contributed by atoms with Gasteiger partial charge in [-0.2, -0.15) is 0 Å². The van der Waals surface area contributed by atoms with E-state index in [0.717, 1.165) is 17.7 Å². The average molecular weight is 255 g/mol. The van der Waals surface area contributed by atoms with E-state index in [1.807, 2.05) is 19.3 Å². The lowest BCUT2D eigenvalue weighted by molar-refractivity contribution is 0.402. The van der Waals surface area contributed by atoms with Crippen LogP contribution in [-0.4, -0.2) is 24.0 Å². The van der Waals surface area contributed by atoms with Crippen LogP contribution in [0.4, 0.5) is 0 Å². The van der Waals surface area contributed by atoms with E-state index < -0.39 is 0 Å². The van der Waals surface area contributed by atoms with Gasteiger partial charge in [0, 0.05) is 30.5 Å². The Morgan fingerprint density at radius 2 is 1.95 bits per heavy atom. The van der Waals surface area contributed by atoms with Crippen LogP contribution < -0.4 is 5.73 Å². The zero-order valence-corrected chi connectivity index (χ0v) is 11.8. The highest BCUT2D eigenvalue weighted by molar-refractivity contribution is 5.64. The first-order valence-electron chi connectivity index (χ1n) is 6.51. The highest BCUT2D eigenvalue weighted by Crippen LogP contribution is 2.22. The van der Waals surface area contributed by atoms with Gasteiger partial charge in [-0.3, -0.25) is 4.98 Å². The standard InChI is InChI=1S/C16H21N3/c1-12(17)15-8-16(10-18-9-15)14-6-4-5-13(7-14)11-19(2)3/h4-10,12H,11,17H2,1-3H3. The van der Waals surface area contributed by atoms with Crippen molar-refractivity contribution in [2.45, 2.75) is 19.5 Å². The molecule has 19 heavy (non-hydrogen) atoms. The molecule has 0 radical (unpaired) electrons. The van der Waals surface area contributed by atoms with Gasteiger partial charge in [0.15, 0.2) is 0 Å². The van der Waals surface area contributed by atoms with Crippen molar-refractivity contribution >= 4 is 0 Å². The molecule has 0 fully saturated rings. The summed E-state index contributed by atoms with van der Waals surface area (Å²) in [5, 5.41) is 0. The summed E-state index contributed by atoms with van der Waals surface area (Å²) in [7, 11) is 4.15. The second-order valence-electron chi connectivity index (χ2n) is 5.23. The Bertz CT molecular complexity index is 547. The molecule has 100 valence electrons. The third kappa shape index (κ3) is 3.63. The Hall–Kier alpha value is -1.71. The fourth-order valence-corrected chi connectivity index (χ4v) is 2.08. The van der Waals surface area contributed by atoms with Crippen LogP contribution in [0.2, 0.25) is 0 Å². The number of aromatic nitrogens is 1. The molecule has 2 rings (SSSR count). The Kier molecular flexibility index (Phi) is 4.30. The maximum absolute atomic E-state index is 5.91. The van der Waals surface area contributed by atoms with E-state index in [0.29, 0.717) is 0 Å². The van der Waals surface area contributed by atoms with Crippen molar-refractivity contribution in [2.75, 3.05) is 14.1 Å². The smallest absolute Gasteiger partial charge is 0.0346 e. The molecule has 1 aromatic heterocycles. The predicted molar refractivity (Wildman–Crippen MR) is 79.7 cm³/mol. The molecule has 2 N–H and O–H groups in total. The molecule has 0 saturated heterocycles. The van der Waals surface area contributed by atoms with Crippen LogP contribution in [0.3, 0.4) is 0 Å². The van der Waals surface area contributed by atoms with E-state index in [1.165, 1.54) is 11.1 Å². The van der Waals surface area contributed by atoms with Crippen LogP contribution >= 0.6 is 0 Å². The van der Waals surface area contributed by atoms with E-state index in [4.69, 9.17) is 5.73 Å². The second-order valence-corrected chi connectivity index (χ2v) is 5.23. The zero-order chi connectivity index (χ0) is 13.8. The fraction of sp³-hybridized carbons (Fsp3) is 0.312. The summed E-state index contributed by atoms with van der Waals surface area (Å²) >= 11 is 0. The number of pyridine rings is 1. The Morgan fingerprint density at radius 1 is 1.16 bits per heavy atom. The van der Waals surface area contributed by atoms with Gasteiger partial charge in [0.25, 0.3) is 0 Å². The van der Waals surface area contributed by atoms with E-state index in [9.17, 15) is 0 Å². The molecule has 0 amide bonds. The van der Waals surface area contributed by atoms with Gasteiger partial charge >= 0.3 is 0 Å². The van der Waals surface area contributed by atoms with Gasteiger partial charge < -0.3 is 10.6 Å². The molecular formula is C16H21N3. The van der Waals surface area contributed by atoms with Crippen molar-refractivity contribution < 1.29 is 0 Å². The van der Waals surface area contributed by atoms with Crippen LogP contribution in [0.15, 0.2) is 42.7 Å². The van der Waals surface area contributed by atoms with E-state index >= 15 is 0 Å². The lowest BCUT2D eigenvalue weighted by atomic mass is 10.0. The van der Waals surface area contributed by atoms with E-state index in [-0.39, 0.29) is 6.04 Å². The Balaban J connectivity index is 2.33. The maximum atomic E-state index is 5.91. The van der Waals surface area contributed by atoms with Crippen LogP contribution in [0.25, 0.3) is 11.1 Å². The first-order chi connectivity index (χ1) is 9.06. The van der Waals surface area contributed by atoms with Gasteiger partial charge in [0.1, 0.15) is 0 Å². The Morgan fingerprint density at radius 3 is 2.63 bits per heavy atom. The van der Waals surface area contributed by atoms with Crippen molar-refractivity contribution in [3.05, 3.63) is 53.9 Å². The molecule has 2 aromatic rings. The van der Waals surface area contributed by atoms with Crippen LogP contribution in [0.5, 0.6) is 0 Å². The Labute approximate surface area is 115 Å². The fourth-order valence-electron chi connectivity index (χ4n) is 2.08. The van der Waals surface area contributed by atoms with Gasteiger partial charge in [0.05, 0.1) is 0 Å². The van der Waals surface area contributed by atoms with Crippen molar-refractivity contribution in [1.29, 1.82) is 0 Å². The van der Waals surface area contributed by atoms with E-state index in [1.54, 1.807) is 0 Å². The summed E-state index contributed by atoms with van der Waals surface area (Å²) in [6, 6.07) is 10.7. The SMILES string of the molecule is CC(N)c1cncc(-c2cccc(CN(C)C)c2)c1. The lowest BCUT2D eigenvalue weighted by Crippen LogP contribution is -2.10. The molecule has 3 nitrogen and oxygen atoms in total. The predicted octanol–water partition coefficient (Wildman–Crippen LogP) is 2.83. The summed E-state index contributed by atoms with van der Waals surface area (Å²) in [6.07, 6.45) is 3.72. The monoisotopic (exact) mass is 255 g/mol. The molecule has 1 aromatic carbocycles. The van der Waals surface area contributed by atoms with Crippen molar-refractivity contribution in [3.63, 3.8) is 0 Å². The molecule has 0 aliphatic heterocycles.